The molecule has 0 radical (unpaired) electrons. The van der Waals surface area contributed by atoms with E-state index < -0.39 is 0 Å². The molecule has 2 aromatic heterocycles. The highest BCUT2D eigenvalue weighted by atomic mass is 127. The Balaban J connectivity index is 0.00000192. The number of hydrogen-bond acceptors (Lipinski definition) is 3. The van der Waals surface area contributed by atoms with Gasteiger partial charge in [0.2, 0.25) is 0 Å². The Morgan fingerprint density at radius 3 is 2.96 bits per heavy atom. The van der Waals surface area contributed by atoms with Crippen LogP contribution in [0.3, 0.4) is 0 Å². The number of guanidine groups is 1. The normalized spacial score (nSPS) is 17.9. The monoisotopic (exact) mass is 426 g/mol. The molecule has 2 aromatic rings. The van der Waals surface area contributed by atoms with Crippen molar-refractivity contribution < 1.29 is 0 Å². The summed E-state index contributed by atoms with van der Waals surface area (Å²) in [6.07, 6.45) is 7.03. The zero-order valence-electron chi connectivity index (χ0n) is 13.5. The summed E-state index contributed by atoms with van der Waals surface area (Å²) in [7, 11) is 3.79. The number of nitrogens with zero attached hydrogens (tertiary/aromatic N) is 5. The van der Waals surface area contributed by atoms with Crippen molar-refractivity contribution >= 4 is 29.9 Å². The van der Waals surface area contributed by atoms with Gasteiger partial charge in [-0.05, 0) is 24.1 Å². The van der Waals surface area contributed by atoms with Crippen molar-refractivity contribution in [2.45, 2.75) is 18.9 Å². The van der Waals surface area contributed by atoms with Crippen LogP contribution in [0.4, 0.5) is 0 Å². The minimum Gasteiger partial charge on any atom is -0.351 e. The lowest BCUT2D eigenvalue weighted by atomic mass is 10.0. The molecule has 0 aromatic carbocycles. The molecule has 0 amide bonds. The van der Waals surface area contributed by atoms with E-state index in [0.29, 0.717) is 12.5 Å². The second kappa shape index (κ2) is 8.28. The summed E-state index contributed by atoms with van der Waals surface area (Å²) in [6, 6.07) is 5.95. The van der Waals surface area contributed by atoms with E-state index in [1.165, 1.54) is 5.56 Å². The summed E-state index contributed by atoms with van der Waals surface area (Å²) in [4.78, 5) is 11.0. The van der Waals surface area contributed by atoms with Gasteiger partial charge in [0.05, 0.1) is 18.4 Å². The van der Waals surface area contributed by atoms with Gasteiger partial charge in [0.25, 0.3) is 0 Å². The van der Waals surface area contributed by atoms with Crippen LogP contribution in [0.5, 0.6) is 0 Å². The van der Waals surface area contributed by atoms with Crippen LogP contribution in [0.1, 0.15) is 23.6 Å². The van der Waals surface area contributed by atoms with E-state index in [1.807, 2.05) is 49.4 Å². The minimum atomic E-state index is 0. The lowest BCUT2D eigenvalue weighted by Gasteiger charge is -2.21. The van der Waals surface area contributed by atoms with Crippen LogP contribution in [0.25, 0.3) is 0 Å². The Kier molecular flexibility index (Phi) is 6.37. The first kappa shape index (κ1) is 17.7. The Morgan fingerprint density at radius 1 is 1.43 bits per heavy atom. The van der Waals surface area contributed by atoms with Crippen LogP contribution < -0.4 is 5.32 Å². The van der Waals surface area contributed by atoms with Gasteiger partial charge < -0.3 is 10.2 Å². The number of aliphatic imine (C=N–C) groups is 1. The van der Waals surface area contributed by atoms with Crippen LogP contribution in [-0.4, -0.2) is 45.8 Å². The van der Waals surface area contributed by atoms with Gasteiger partial charge >= 0.3 is 0 Å². The van der Waals surface area contributed by atoms with Gasteiger partial charge in [0.15, 0.2) is 5.96 Å². The Morgan fingerprint density at radius 2 is 2.30 bits per heavy atom. The molecule has 0 spiro atoms. The number of pyridine rings is 1. The zero-order chi connectivity index (χ0) is 15.4. The first-order valence-corrected chi connectivity index (χ1v) is 7.60. The number of rotatable bonds is 3. The predicted octanol–water partition coefficient (Wildman–Crippen LogP) is 2.00. The van der Waals surface area contributed by atoms with Crippen molar-refractivity contribution in [1.82, 2.24) is 25.0 Å². The van der Waals surface area contributed by atoms with Gasteiger partial charge in [-0.2, -0.15) is 5.10 Å². The molecule has 1 aliphatic heterocycles. The average Bonchev–Trinajstić information content (AvgIpc) is 3.18. The fourth-order valence-corrected chi connectivity index (χ4v) is 2.88. The number of likely N-dealkylation sites (tertiary alicyclic amines) is 1. The van der Waals surface area contributed by atoms with E-state index in [4.69, 9.17) is 0 Å². The van der Waals surface area contributed by atoms with Crippen LogP contribution in [0.2, 0.25) is 0 Å². The fourth-order valence-electron chi connectivity index (χ4n) is 2.88. The van der Waals surface area contributed by atoms with E-state index >= 15 is 0 Å². The molecule has 23 heavy (non-hydrogen) atoms. The molecular formula is C16H23IN6. The van der Waals surface area contributed by atoms with Gasteiger partial charge in [-0.1, -0.05) is 6.07 Å². The van der Waals surface area contributed by atoms with Crippen molar-refractivity contribution in [2.24, 2.45) is 12.0 Å². The molecule has 3 rings (SSSR count). The Hall–Kier alpha value is -1.64. The van der Waals surface area contributed by atoms with Gasteiger partial charge in [0.1, 0.15) is 0 Å². The van der Waals surface area contributed by atoms with Crippen molar-refractivity contribution in [1.29, 1.82) is 0 Å². The molecular weight excluding hydrogens is 403 g/mol. The number of halogens is 1. The number of hydrogen-bond donors (Lipinski definition) is 1. The highest BCUT2D eigenvalue weighted by Crippen LogP contribution is 2.26. The molecule has 124 valence electrons. The maximum absolute atomic E-state index is 4.40. The van der Waals surface area contributed by atoms with Crippen molar-refractivity contribution in [3.63, 3.8) is 0 Å². The van der Waals surface area contributed by atoms with E-state index in [-0.39, 0.29) is 24.0 Å². The molecule has 7 heteroatoms. The van der Waals surface area contributed by atoms with Crippen LogP contribution in [0, 0.1) is 0 Å². The SMILES string of the molecule is CN=C(NCc1ccccn1)N1CCC(c2cnn(C)c2)C1.I. The maximum atomic E-state index is 4.40. The van der Waals surface area contributed by atoms with E-state index in [1.54, 1.807) is 0 Å². The number of aromatic nitrogens is 3. The second-order valence-electron chi connectivity index (χ2n) is 5.60. The third-order valence-electron chi connectivity index (χ3n) is 4.05. The lowest BCUT2D eigenvalue weighted by Crippen LogP contribution is -2.39. The van der Waals surface area contributed by atoms with Gasteiger partial charge in [0, 0.05) is 45.5 Å². The topological polar surface area (TPSA) is 58.3 Å². The fraction of sp³-hybridized carbons (Fsp3) is 0.438. The molecule has 0 aliphatic carbocycles. The quantitative estimate of drug-likeness (QED) is 0.464. The molecule has 1 fully saturated rings. The summed E-state index contributed by atoms with van der Waals surface area (Å²) in [5.41, 5.74) is 2.33. The van der Waals surface area contributed by atoms with Crippen molar-refractivity contribution in [3.8, 4) is 0 Å². The minimum absolute atomic E-state index is 0. The van der Waals surface area contributed by atoms with Gasteiger partial charge in [-0.25, -0.2) is 0 Å². The third-order valence-corrected chi connectivity index (χ3v) is 4.05. The summed E-state index contributed by atoms with van der Waals surface area (Å²) >= 11 is 0. The molecule has 1 aliphatic rings. The molecule has 0 saturated carbocycles. The summed E-state index contributed by atoms with van der Waals surface area (Å²) in [5.74, 6) is 1.47. The predicted molar refractivity (Wildman–Crippen MR) is 102 cm³/mol. The molecule has 1 N–H and O–H groups in total. The molecule has 3 heterocycles. The highest BCUT2D eigenvalue weighted by molar-refractivity contribution is 14.0. The Bertz CT molecular complexity index is 639. The largest absolute Gasteiger partial charge is 0.351 e. The first-order chi connectivity index (χ1) is 10.8. The summed E-state index contributed by atoms with van der Waals surface area (Å²) in [6.45, 7) is 2.69. The van der Waals surface area contributed by atoms with Crippen LogP contribution in [-0.2, 0) is 13.6 Å². The Labute approximate surface area is 154 Å². The lowest BCUT2D eigenvalue weighted by molar-refractivity contribution is 0.485. The third kappa shape index (κ3) is 4.43. The number of nitrogens with one attached hydrogen (secondary N) is 1. The molecule has 0 bridgehead atoms. The smallest absolute Gasteiger partial charge is 0.193 e. The molecule has 1 atom stereocenters. The highest BCUT2D eigenvalue weighted by Gasteiger charge is 2.26. The van der Waals surface area contributed by atoms with E-state index in [0.717, 1.165) is 31.2 Å². The van der Waals surface area contributed by atoms with E-state index in [9.17, 15) is 0 Å². The van der Waals surface area contributed by atoms with E-state index in [2.05, 4.69) is 31.5 Å². The zero-order valence-corrected chi connectivity index (χ0v) is 15.8. The number of aryl methyl sites for hydroxylation is 1. The summed E-state index contributed by atoms with van der Waals surface area (Å²) in [5, 5.41) is 7.67. The second-order valence-corrected chi connectivity index (χ2v) is 5.60. The van der Waals surface area contributed by atoms with Crippen molar-refractivity contribution in [3.05, 3.63) is 48.0 Å². The maximum Gasteiger partial charge on any atom is 0.193 e. The molecule has 1 saturated heterocycles. The standard InChI is InChI=1S/C16H22N6.HI/c1-17-16(19-10-15-5-3-4-7-18-15)22-8-6-13(12-22)14-9-20-21(2)11-14;/h3-5,7,9,11,13H,6,8,10,12H2,1-2H3,(H,17,19);1H. The van der Waals surface area contributed by atoms with Crippen LogP contribution >= 0.6 is 24.0 Å². The first-order valence-electron chi connectivity index (χ1n) is 7.60. The van der Waals surface area contributed by atoms with Crippen molar-refractivity contribution in [2.75, 3.05) is 20.1 Å². The molecule has 1 unspecified atom stereocenters. The molecule has 6 nitrogen and oxygen atoms in total. The van der Waals surface area contributed by atoms with Gasteiger partial charge in [-0.3, -0.25) is 14.7 Å². The average molecular weight is 426 g/mol. The summed E-state index contributed by atoms with van der Waals surface area (Å²) < 4.78 is 1.87. The van der Waals surface area contributed by atoms with Crippen LogP contribution in [0.15, 0.2) is 41.8 Å². The van der Waals surface area contributed by atoms with Gasteiger partial charge in [-0.15, -0.1) is 24.0 Å².